The molecule has 0 saturated carbocycles. The van der Waals surface area contributed by atoms with Crippen molar-refractivity contribution in [3.63, 3.8) is 0 Å². The van der Waals surface area contributed by atoms with Gasteiger partial charge in [0, 0.05) is 5.56 Å². The van der Waals surface area contributed by atoms with Gasteiger partial charge in [-0.1, -0.05) is 11.3 Å². The van der Waals surface area contributed by atoms with Crippen molar-refractivity contribution in [2.24, 2.45) is 0 Å². The Morgan fingerprint density at radius 1 is 1.04 bits per heavy atom. The highest BCUT2D eigenvalue weighted by atomic mass is 32.1. The van der Waals surface area contributed by atoms with Gasteiger partial charge in [0.2, 0.25) is 0 Å². The van der Waals surface area contributed by atoms with Crippen LogP contribution in [0.15, 0.2) is 69.9 Å². The fourth-order valence-electron chi connectivity index (χ4n) is 2.44. The molecule has 3 aromatic heterocycles. The van der Waals surface area contributed by atoms with E-state index in [-0.39, 0.29) is 5.91 Å². The average Bonchev–Trinajstić information content (AvgIpc) is 3.41. The van der Waals surface area contributed by atoms with Crippen LogP contribution < -0.4 is 10.1 Å². The van der Waals surface area contributed by atoms with E-state index in [9.17, 15) is 4.79 Å². The van der Waals surface area contributed by atoms with Gasteiger partial charge < -0.3 is 13.6 Å². The molecule has 0 unspecified atom stereocenters. The molecule has 0 saturated heterocycles. The second kappa shape index (κ2) is 6.89. The molecule has 26 heavy (non-hydrogen) atoms. The van der Waals surface area contributed by atoms with Crippen LogP contribution >= 0.6 is 11.3 Å². The normalized spacial score (nSPS) is 10.7. The number of furan rings is 2. The average molecular weight is 366 g/mol. The third-order valence-electron chi connectivity index (χ3n) is 3.70. The minimum absolute atomic E-state index is 0.251. The molecular formula is C19H14N2O4S. The predicted molar refractivity (Wildman–Crippen MR) is 98.5 cm³/mol. The largest absolute Gasteiger partial charge is 0.497 e. The Kier molecular flexibility index (Phi) is 4.28. The number of benzene rings is 1. The summed E-state index contributed by atoms with van der Waals surface area (Å²) < 4.78 is 16.1. The van der Waals surface area contributed by atoms with E-state index in [0.717, 1.165) is 4.88 Å². The molecule has 130 valence electrons. The maximum absolute atomic E-state index is 12.5. The van der Waals surface area contributed by atoms with Crippen LogP contribution in [0.4, 0.5) is 5.13 Å². The molecule has 0 radical (unpaired) electrons. The van der Waals surface area contributed by atoms with Crippen molar-refractivity contribution in [3.05, 3.63) is 66.6 Å². The van der Waals surface area contributed by atoms with Gasteiger partial charge in [-0.3, -0.25) is 10.1 Å². The monoisotopic (exact) mass is 366 g/mol. The van der Waals surface area contributed by atoms with E-state index in [2.05, 4.69) is 10.3 Å². The Bertz CT molecular complexity index is 951. The van der Waals surface area contributed by atoms with Crippen molar-refractivity contribution in [1.29, 1.82) is 0 Å². The molecule has 4 aromatic rings. The summed E-state index contributed by atoms with van der Waals surface area (Å²) in [5.41, 5.74) is 1.14. The lowest BCUT2D eigenvalue weighted by molar-refractivity contribution is 0.102. The van der Waals surface area contributed by atoms with Crippen molar-refractivity contribution < 1.29 is 18.4 Å². The number of hydrogen-bond donors (Lipinski definition) is 1. The molecule has 0 aliphatic heterocycles. The molecule has 1 aromatic carbocycles. The molecular weight excluding hydrogens is 352 g/mol. The van der Waals surface area contributed by atoms with Gasteiger partial charge in [-0.25, -0.2) is 4.98 Å². The quantitative estimate of drug-likeness (QED) is 0.542. The summed E-state index contributed by atoms with van der Waals surface area (Å²) >= 11 is 1.32. The number of nitrogens with one attached hydrogen (secondary N) is 1. The number of methoxy groups -OCH3 is 1. The fourth-order valence-corrected chi connectivity index (χ4v) is 3.37. The zero-order chi connectivity index (χ0) is 17.9. The summed E-state index contributed by atoms with van der Waals surface area (Å²) in [6, 6.07) is 14.1. The van der Waals surface area contributed by atoms with Gasteiger partial charge in [0.15, 0.2) is 10.9 Å². The molecule has 0 bridgehead atoms. The van der Waals surface area contributed by atoms with Crippen molar-refractivity contribution >= 4 is 22.4 Å². The van der Waals surface area contributed by atoms with Gasteiger partial charge in [0.25, 0.3) is 5.91 Å². The molecule has 0 spiro atoms. The van der Waals surface area contributed by atoms with Crippen LogP contribution in [0.25, 0.3) is 22.1 Å². The predicted octanol–water partition coefficient (Wildman–Crippen LogP) is 4.92. The summed E-state index contributed by atoms with van der Waals surface area (Å²) in [6.45, 7) is 0. The zero-order valence-electron chi connectivity index (χ0n) is 13.8. The third kappa shape index (κ3) is 3.12. The Morgan fingerprint density at radius 3 is 2.35 bits per heavy atom. The number of aromatic nitrogens is 1. The van der Waals surface area contributed by atoms with Gasteiger partial charge in [0.05, 0.1) is 19.6 Å². The van der Waals surface area contributed by atoms with Crippen molar-refractivity contribution in [1.82, 2.24) is 4.98 Å². The van der Waals surface area contributed by atoms with Crippen LogP contribution in [0.5, 0.6) is 5.75 Å². The third-order valence-corrected chi connectivity index (χ3v) is 4.68. The van der Waals surface area contributed by atoms with E-state index < -0.39 is 0 Å². The van der Waals surface area contributed by atoms with Gasteiger partial charge in [-0.2, -0.15) is 0 Å². The highest BCUT2D eigenvalue weighted by molar-refractivity contribution is 7.19. The Balaban J connectivity index is 1.64. The van der Waals surface area contributed by atoms with E-state index in [0.29, 0.717) is 33.7 Å². The lowest BCUT2D eigenvalue weighted by Crippen LogP contribution is -2.11. The van der Waals surface area contributed by atoms with Crippen LogP contribution in [0, 0.1) is 0 Å². The van der Waals surface area contributed by atoms with Gasteiger partial charge >= 0.3 is 0 Å². The zero-order valence-corrected chi connectivity index (χ0v) is 14.6. The first kappa shape index (κ1) is 16.2. The minimum Gasteiger partial charge on any atom is -0.497 e. The number of ether oxygens (including phenoxy) is 1. The molecule has 0 aliphatic carbocycles. The number of carbonyl (C=O) groups is 1. The fraction of sp³-hybridized carbons (Fsp3) is 0.0526. The second-order valence-electron chi connectivity index (χ2n) is 5.33. The number of thiazole rings is 1. The molecule has 0 aliphatic rings. The topological polar surface area (TPSA) is 77.5 Å². The van der Waals surface area contributed by atoms with E-state index in [1.807, 2.05) is 12.1 Å². The number of nitrogens with zero attached hydrogens (tertiary/aromatic N) is 1. The maximum Gasteiger partial charge on any atom is 0.257 e. The van der Waals surface area contributed by atoms with E-state index >= 15 is 0 Å². The van der Waals surface area contributed by atoms with Crippen LogP contribution in [-0.4, -0.2) is 18.0 Å². The summed E-state index contributed by atoms with van der Waals surface area (Å²) in [4.78, 5) is 17.8. The van der Waals surface area contributed by atoms with E-state index in [1.165, 1.54) is 11.3 Å². The van der Waals surface area contributed by atoms with E-state index in [4.69, 9.17) is 13.6 Å². The number of amides is 1. The molecule has 3 heterocycles. The van der Waals surface area contributed by atoms with Crippen LogP contribution in [0.2, 0.25) is 0 Å². The molecule has 6 nitrogen and oxygen atoms in total. The van der Waals surface area contributed by atoms with Crippen molar-refractivity contribution in [3.8, 4) is 27.8 Å². The highest BCUT2D eigenvalue weighted by Gasteiger charge is 2.20. The number of carbonyl (C=O) groups excluding carboxylic acids is 1. The van der Waals surface area contributed by atoms with Crippen LogP contribution in [0.1, 0.15) is 10.4 Å². The molecule has 0 atom stereocenters. The Hall–Kier alpha value is -3.32. The standard InChI is InChI=1S/C19H14N2O4S/c1-23-13-8-6-12(7-9-13)18(22)21-19-20-16(14-4-2-10-24-14)17(26-19)15-5-3-11-25-15/h2-11H,1H3,(H,20,21,22). The minimum atomic E-state index is -0.251. The Morgan fingerprint density at radius 2 is 1.73 bits per heavy atom. The summed E-state index contributed by atoms with van der Waals surface area (Å²) in [5, 5.41) is 3.29. The molecule has 4 rings (SSSR count). The van der Waals surface area contributed by atoms with Crippen molar-refractivity contribution in [2.75, 3.05) is 12.4 Å². The van der Waals surface area contributed by atoms with Gasteiger partial charge in [0.1, 0.15) is 22.1 Å². The molecule has 7 heteroatoms. The molecule has 1 amide bonds. The van der Waals surface area contributed by atoms with E-state index in [1.54, 1.807) is 56.0 Å². The van der Waals surface area contributed by atoms with Crippen molar-refractivity contribution in [2.45, 2.75) is 0 Å². The summed E-state index contributed by atoms with van der Waals surface area (Å²) in [7, 11) is 1.58. The first-order chi connectivity index (χ1) is 12.7. The lowest BCUT2D eigenvalue weighted by Gasteiger charge is -2.03. The van der Waals surface area contributed by atoms with Crippen LogP contribution in [-0.2, 0) is 0 Å². The molecule has 1 N–H and O–H groups in total. The number of hydrogen-bond acceptors (Lipinski definition) is 6. The number of anilines is 1. The number of rotatable bonds is 5. The SMILES string of the molecule is COc1ccc(C(=O)Nc2nc(-c3ccco3)c(-c3ccco3)s2)cc1. The second-order valence-corrected chi connectivity index (χ2v) is 6.33. The first-order valence-corrected chi connectivity index (χ1v) is 8.60. The maximum atomic E-state index is 12.5. The summed E-state index contributed by atoms with van der Waals surface area (Å²) in [6.07, 6.45) is 3.17. The summed E-state index contributed by atoms with van der Waals surface area (Å²) in [5.74, 6) is 1.71. The van der Waals surface area contributed by atoms with Gasteiger partial charge in [-0.05, 0) is 48.5 Å². The lowest BCUT2D eigenvalue weighted by atomic mass is 10.2. The van der Waals surface area contributed by atoms with Crippen LogP contribution in [0.3, 0.4) is 0 Å². The first-order valence-electron chi connectivity index (χ1n) is 7.78. The Labute approximate surface area is 153 Å². The highest BCUT2D eigenvalue weighted by Crippen LogP contribution is 2.39. The van der Waals surface area contributed by atoms with Gasteiger partial charge in [-0.15, -0.1) is 0 Å². The smallest absolute Gasteiger partial charge is 0.257 e. The molecule has 0 fully saturated rings.